The first-order valence-corrected chi connectivity index (χ1v) is 6.63. The minimum atomic E-state index is -0.213. The summed E-state index contributed by atoms with van der Waals surface area (Å²) in [6.45, 7) is 3.45. The highest BCUT2D eigenvalue weighted by Crippen LogP contribution is 2.26. The van der Waals surface area contributed by atoms with Gasteiger partial charge in [-0.15, -0.1) is 0 Å². The summed E-state index contributed by atoms with van der Waals surface area (Å²) >= 11 is 0. The summed E-state index contributed by atoms with van der Waals surface area (Å²) in [4.78, 5) is 11.4. The zero-order valence-electron chi connectivity index (χ0n) is 11.7. The van der Waals surface area contributed by atoms with Crippen molar-refractivity contribution in [3.63, 3.8) is 0 Å². The highest BCUT2D eigenvalue weighted by molar-refractivity contribution is 5.99. The van der Waals surface area contributed by atoms with Crippen LogP contribution in [0.2, 0.25) is 0 Å². The lowest BCUT2D eigenvalue weighted by Crippen LogP contribution is -2.06. The summed E-state index contributed by atoms with van der Waals surface area (Å²) < 4.78 is 1.85. The molecule has 0 spiro atoms. The van der Waals surface area contributed by atoms with Gasteiger partial charge in [-0.25, -0.2) is 0 Å². The standard InChI is InChI=1S/C17H15N3O/c1-3-17(21)19-15-6-4-5-12(10-15)13-7-8-16-14(9-13)11-18-20(16)2/h3-11H,1H2,2H3,(H,19,21). The first kappa shape index (κ1) is 13.1. The third kappa shape index (κ3) is 2.56. The van der Waals surface area contributed by atoms with Crippen LogP contribution in [0.5, 0.6) is 0 Å². The molecule has 3 rings (SSSR count). The third-order valence-electron chi connectivity index (χ3n) is 3.40. The maximum atomic E-state index is 11.4. The van der Waals surface area contributed by atoms with Crippen molar-refractivity contribution in [2.24, 2.45) is 7.05 Å². The second-order valence-electron chi connectivity index (χ2n) is 4.82. The second kappa shape index (κ2) is 5.25. The number of hydrogen-bond acceptors (Lipinski definition) is 2. The largest absolute Gasteiger partial charge is 0.323 e. The van der Waals surface area contributed by atoms with Gasteiger partial charge in [0, 0.05) is 18.1 Å². The van der Waals surface area contributed by atoms with E-state index in [1.165, 1.54) is 6.08 Å². The van der Waals surface area contributed by atoms with Crippen LogP contribution >= 0.6 is 0 Å². The molecular weight excluding hydrogens is 262 g/mol. The van der Waals surface area contributed by atoms with Crippen molar-refractivity contribution >= 4 is 22.5 Å². The lowest BCUT2D eigenvalue weighted by atomic mass is 10.0. The Morgan fingerprint density at radius 3 is 2.86 bits per heavy atom. The number of nitrogens with zero attached hydrogens (tertiary/aromatic N) is 2. The molecule has 1 amide bonds. The Kier molecular flexibility index (Phi) is 3.28. The van der Waals surface area contributed by atoms with Crippen LogP contribution in [0.15, 0.2) is 61.3 Å². The van der Waals surface area contributed by atoms with E-state index in [1.807, 2.05) is 48.3 Å². The van der Waals surface area contributed by atoms with Gasteiger partial charge in [0.1, 0.15) is 0 Å². The van der Waals surface area contributed by atoms with Crippen LogP contribution in [0, 0.1) is 0 Å². The normalized spacial score (nSPS) is 10.5. The van der Waals surface area contributed by atoms with E-state index in [-0.39, 0.29) is 5.91 Å². The fraction of sp³-hybridized carbons (Fsp3) is 0.0588. The summed E-state index contributed by atoms with van der Waals surface area (Å²) in [5, 5.41) is 8.11. The Balaban J connectivity index is 1.99. The minimum Gasteiger partial charge on any atom is -0.323 e. The molecular formula is C17H15N3O. The van der Waals surface area contributed by atoms with Crippen LogP contribution in [0.4, 0.5) is 5.69 Å². The van der Waals surface area contributed by atoms with E-state index in [2.05, 4.69) is 29.1 Å². The van der Waals surface area contributed by atoms with Gasteiger partial charge in [-0.2, -0.15) is 5.10 Å². The number of aromatic nitrogens is 2. The molecule has 0 fully saturated rings. The molecule has 0 saturated heterocycles. The number of rotatable bonds is 3. The van der Waals surface area contributed by atoms with Gasteiger partial charge < -0.3 is 5.32 Å². The predicted octanol–water partition coefficient (Wildman–Crippen LogP) is 3.36. The van der Waals surface area contributed by atoms with E-state index in [1.54, 1.807) is 0 Å². The van der Waals surface area contributed by atoms with Crippen LogP contribution in [-0.4, -0.2) is 15.7 Å². The number of benzene rings is 2. The molecule has 0 radical (unpaired) electrons. The van der Waals surface area contributed by atoms with Gasteiger partial charge >= 0.3 is 0 Å². The quantitative estimate of drug-likeness (QED) is 0.746. The van der Waals surface area contributed by atoms with Crippen molar-refractivity contribution in [2.45, 2.75) is 0 Å². The molecule has 0 aliphatic carbocycles. The van der Waals surface area contributed by atoms with Crippen LogP contribution in [0.1, 0.15) is 0 Å². The van der Waals surface area contributed by atoms with Crippen LogP contribution in [0.3, 0.4) is 0 Å². The lowest BCUT2D eigenvalue weighted by molar-refractivity contribution is -0.111. The molecule has 0 bridgehead atoms. The van der Waals surface area contributed by atoms with Gasteiger partial charge in [0.2, 0.25) is 5.91 Å². The van der Waals surface area contributed by atoms with E-state index < -0.39 is 0 Å². The van der Waals surface area contributed by atoms with Crippen molar-refractivity contribution in [1.29, 1.82) is 0 Å². The van der Waals surface area contributed by atoms with Gasteiger partial charge in [-0.3, -0.25) is 9.48 Å². The Hall–Kier alpha value is -2.88. The Bertz CT molecular complexity index is 833. The van der Waals surface area contributed by atoms with E-state index >= 15 is 0 Å². The van der Waals surface area contributed by atoms with Crippen molar-refractivity contribution in [3.05, 3.63) is 61.3 Å². The molecule has 4 nitrogen and oxygen atoms in total. The molecule has 1 heterocycles. The lowest BCUT2D eigenvalue weighted by Gasteiger charge is -2.06. The number of amides is 1. The van der Waals surface area contributed by atoms with Crippen molar-refractivity contribution in [2.75, 3.05) is 5.32 Å². The predicted molar refractivity (Wildman–Crippen MR) is 85.0 cm³/mol. The highest BCUT2D eigenvalue weighted by Gasteiger charge is 2.04. The molecule has 0 unspecified atom stereocenters. The van der Waals surface area contributed by atoms with Crippen molar-refractivity contribution in [3.8, 4) is 11.1 Å². The van der Waals surface area contributed by atoms with Crippen LogP contribution < -0.4 is 5.32 Å². The van der Waals surface area contributed by atoms with Crippen molar-refractivity contribution < 1.29 is 4.79 Å². The molecule has 2 aromatic carbocycles. The molecule has 0 saturated carbocycles. The number of anilines is 1. The van der Waals surface area contributed by atoms with E-state index in [9.17, 15) is 4.79 Å². The maximum absolute atomic E-state index is 11.4. The molecule has 21 heavy (non-hydrogen) atoms. The van der Waals surface area contributed by atoms with Gasteiger partial charge in [-0.1, -0.05) is 24.8 Å². The summed E-state index contributed by atoms with van der Waals surface area (Å²) in [6.07, 6.45) is 3.11. The van der Waals surface area contributed by atoms with Gasteiger partial charge in [0.25, 0.3) is 0 Å². The van der Waals surface area contributed by atoms with E-state index in [0.717, 1.165) is 27.7 Å². The number of nitrogens with one attached hydrogen (secondary N) is 1. The fourth-order valence-electron chi connectivity index (χ4n) is 2.31. The second-order valence-corrected chi connectivity index (χ2v) is 4.82. The Labute approximate surface area is 122 Å². The summed E-state index contributed by atoms with van der Waals surface area (Å²) in [6, 6.07) is 13.9. The zero-order valence-corrected chi connectivity index (χ0v) is 11.7. The van der Waals surface area contributed by atoms with Crippen LogP contribution in [-0.2, 0) is 11.8 Å². The molecule has 0 aliphatic rings. The number of fused-ring (bicyclic) bond motifs is 1. The number of carbonyl (C=O) groups excluding carboxylic acids is 1. The van der Waals surface area contributed by atoms with Gasteiger partial charge in [-0.05, 0) is 41.5 Å². The average Bonchev–Trinajstić information content (AvgIpc) is 2.88. The van der Waals surface area contributed by atoms with Crippen molar-refractivity contribution in [1.82, 2.24) is 9.78 Å². The smallest absolute Gasteiger partial charge is 0.247 e. The molecule has 1 N–H and O–H groups in total. The van der Waals surface area contributed by atoms with Gasteiger partial charge in [0.05, 0.1) is 11.7 Å². The Morgan fingerprint density at radius 2 is 2.05 bits per heavy atom. The van der Waals surface area contributed by atoms with E-state index in [4.69, 9.17) is 0 Å². The van der Waals surface area contributed by atoms with Gasteiger partial charge in [0.15, 0.2) is 0 Å². The molecule has 4 heteroatoms. The van der Waals surface area contributed by atoms with E-state index in [0.29, 0.717) is 0 Å². The minimum absolute atomic E-state index is 0.213. The zero-order chi connectivity index (χ0) is 14.8. The molecule has 0 aliphatic heterocycles. The summed E-state index contributed by atoms with van der Waals surface area (Å²) in [5.74, 6) is -0.213. The molecule has 104 valence electrons. The third-order valence-corrected chi connectivity index (χ3v) is 3.40. The topological polar surface area (TPSA) is 46.9 Å². The first-order chi connectivity index (χ1) is 10.2. The average molecular weight is 277 g/mol. The Morgan fingerprint density at radius 1 is 1.24 bits per heavy atom. The number of hydrogen-bond donors (Lipinski definition) is 1. The fourth-order valence-corrected chi connectivity index (χ4v) is 2.31. The monoisotopic (exact) mass is 277 g/mol. The number of carbonyl (C=O) groups is 1. The number of aryl methyl sites for hydroxylation is 1. The maximum Gasteiger partial charge on any atom is 0.247 e. The SMILES string of the molecule is C=CC(=O)Nc1cccc(-c2ccc3c(cnn3C)c2)c1. The highest BCUT2D eigenvalue weighted by atomic mass is 16.1. The molecule has 1 aromatic heterocycles. The molecule has 3 aromatic rings. The summed E-state index contributed by atoms with van der Waals surface area (Å²) in [7, 11) is 1.92. The van der Waals surface area contributed by atoms with Crippen LogP contribution in [0.25, 0.3) is 22.0 Å². The summed E-state index contributed by atoms with van der Waals surface area (Å²) in [5.41, 5.74) is 3.98. The first-order valence-electron chi connectivity index (χ1n) is 6.63. The molecule has 0 atom stereocenters.